The first-order chi connectivity index (χ1) is 5.69. The molecular formula is C8H12N2O2. The monoisotopic (exact) mass is 168 g/mol. The first-order valence-electron chi connectivity index (χ1n) is 3.62. The minimum Gasteiger partial charge on any atom is -0.481 e. The van der Waals surface area contributed by atoms with Gasteiger partial charge in [-0.1, -0.05) is 0 Å². The lowest BCUT2D eigenvalue weighted by molar-refractivity contribution is 0.348. The Labute approximate surface area is 71.6 Å². The highest BCUT2D eigenvalue weighted by atomic mass is 16.5. The molecule has 0 aliphatic rings. The molecule has 1 heterocycles. The number of hydrogen-bond donors (Lipinski definition) is 0. The molecule has 0 radical (unpaired) electrons. The minimum atomic E-state index is 0.343. The SMILES string of the molecule is COc1nc(C)c(C)c(OC)n1. The van der Waals surface area contributed by atoms with Gasteiger partial charge in [0, 0.05) is 5.56 Å². The van der Waals surface area contributed by atoms with Crippen LogP contribution in [0.2, 0.25) is 0 Å². The summed E-state index contributed by atoms with van der Waals surface area (Å²) in [4.78, 5) is 8.10. The quantitative estimate of drug-likeness (QED) is 0.663. The largest absolute Gasteiger partial charge is 0.481 e. The van der Waals surface area contributed by atoms with Crippen LogP contribution < -0.4 is 9.47 Å². The van der Waals surface area contributed by atoms with E-state index in [4.69, 9.17) is 9.47 Å². The molecule has 0 N–H and O–H groups in total. The van der Waals surface area contributed by atoms with Crippen LogP contribution in [0, 0.1) is 13.8 Å². The Hall–Kier alpha value is -1.32. The lowest BCUT2D eigenvalue weighted by Crippen LogP contribution is -2.00. The minimum absolute atomic E-state index is 0.343. The molecule has 0 aliphatic heterocycles. The van der Waals surface area contributed by atoms with Crippen molar-refractivity contribution in [1.29, 1.82) is 0 Å². The molecule has 0 spiro atoms. The van der Waals surface area contributed by atoms with Crippen molar-refractivity contribution in [2.24, 2.45) is 0 Å². The van der Waals surface area contributed by atoms with Gasteiger partial charge in [0.15, 0.2) is 0 Å². The third kappa shape index (κ3) is 1.47. The molecule has 0 fully saturated rings. The van der Waals surface area contributed by atoms with Gasteiger partial charge < -0.3 is 9.47 Å². The third-order valence-corrected chi connectivity index (χ3v) is 1.70. The maximum atomic E-state index is 5.04. The van der Waals surface area contributed by atoms with E-state index >= 15 is 0 Å². The van der Waals surface area contributed by atoms with Gasteiger partial charge >= 0.3 is 6.01 Å². The molecule has 4 heteroatoms. The molecule has 0 amide bonds. The van der Waals surface area contributed by atoms with Crippen LogP contribution in [0.15, 0.2) is 0 Å². The second-order valence-corrected chi connectivity index (χ2v) is 2.43. The van der Waals surface area contributed by atoms with Gasteiger partial charge in [-0.15, -0.1) is 0 Å². The Morgan fingerprint density at radius 3 is 2.17 bits per heavy atom. The summed E-state index contributed by atoms with van der Waals surface area (Å²) in [5.74, 6) is 0.569. The normalized spacial score (nSPS) is 9.67. The average molecular weight is 168 g/mol. The molecule has 12 heavy (non-hydrogen) atoms. The number of nitrogens with zero attached hydrogens (tertiary/aromatic N) is 2. The van der Waals surface area contributed by atoms with Crippen molar-refractivity contribution < 1.29 is 9.47 Å². The molecule has 0 atom stereocenters. The molecular weight excluding hydrogens is 156 g/mol. The van der Waals surface area contributed by atoms with Crippen LogP contribution >= 0.6 is 0 Å². The molecule has 66 valence electrons. The van der Waals surface area contributed by atoms with Crippen LogP contribution in [0.4, 0.5) is 0 Å². The molecule has 0 bridgehead atoms. The highest BCUT2D eigenvalue weighted by Gasteiger charge is 2.07. The van der Waals surface area contributed by atoms with Crippen molar-refractivity contribution in [3.63, 3.8) is 0 Å². The fraction of sp³-hybridized carbons (Fsp3) is 0.500. The summed E-state index contributed by atoms with van der Waals surface area (Å²) >= 11 is 0. The molecule has 0 aromatic carbocycles. The van der Waals surface area contributed by atoms with Crippen LogP contribution in [-0.4, -0.2) is 24.2 Å². The Morgan fingerprint density at radius 1 is 1.00 bits per heavy atom. The summed E-state index contributed by atoms with van der Waals surface area (Å²) < 4.78 is 9.93. The number of aromatic nitrogens is 2. The summed E-state index contributed by atoms with van der Waals surface area (Å²) in [6, 6.07) is 0.343. The van der Waals surface area contributed by atoms with E-state index in [-0.39, 0.29) is 0 Å². The van der Waals surface area contributed by atoms with Gasteiger partial charge in [0.2, 0.25) is 5.88 Å². The van der Waals surface area contributed by atoms with Crippen molar-refractivity contribution in [1.82, 2.24) is 9.97 Å². The van der Waals surface area contributed by atoms with E-state index in [1.165, 1.54) is 7.11 Å². The molecule has 0 aliphatic carbocycles. The molecule has 1 aromatic rings. The predicted molar refractivity (Wildman–Crippen MR) is 44.6 cm³/mol. The number of rotatable bonds is 2. The van der Waals surface area contributed by atoms with E-state index in [0.717, 1.165) is 11.3 Å². The van der Waals surface area contributed by atoms with Gasteiger partial charge in [0.05, 0.1) is 19.9 Å². The van der Waals surface area contributed by atoms with Gasteiger partial charge in [-0.25, -0.2) is 4.98 Å². The highest BCUT2D eigenvalue weighted by molar-refractivity contribution is 5.29. The fourth-order valence-electron chi connectivity index (χ4n) is 0.868. The van der Waals surface area contributed by atoms with Gasteiger partial charge in [0.1, 0.15) is 0 Å². The second-order valence-electron chi connectivity index (χ2n) is 2.43. The standard InChI is InChI=1S/C8H12N2O2/c1-5-6(2)9-8(12-4)10-7(5)11-3/h1-4H3. The van der Waals surface area contributed by atoms with E-state index in [0.29, 0.717) is 11.9 Å². The average Bonchev–Trinajstić information content (AvgIpc) is 2.09. The molecule has 0 unspecified atom stereocenters. The lowest BCUT2D eigenvalue weighted by atomic mass is 10.3. The van der Waals surface area contributed by atoms with Gasteiger partial charge in [-0.05, 0) is 13.8 Å². The van der Waals surface area contributed by atoms with Crippen molar-refractivity contribution in [2.75, 3.05) is 14.2 Å². The van der Waals surface area contributed by atoms with Crippen molar-refractivity contribution in [3.8, 4) is 11.9 Å². The van der Waals surface area contributed by atoms with Crippen molar-refractivity contribution in [3.05, 3.63) is 11.3 Å². The van der Waals surface area contributed by atoms with E-state index in [2.05, 4.69) is 9.97 Å². The second kappa shape index (κ2) is 3.38. The molecule has 1 aromatic heterocycles. The van der Waals surface area contributed by atoms with Gasteiger partial charge in [-0.3, -0.25) is 0 Å². The number of methoxy groups -OCH3 is 2. The maximum Gasteiger partial charge on any atom is 0.319 e. The first kappa shape index (κ1) is 8.77. The summed E-state index contributed by atoms with van der Waals surface area (Å²) in [7, 11) is 3.11. The van der Waals surface area contributed by atoms with Gasteiger partial charge in [0.25, 0.3) is 0 Å². The summed E-state index contributed by atoms with van der Waals surface area (Å²) in [5.41, 5.74) is 1.82. The topological polar surface area (TPSA) is 44.2 Å². The number of ether oxygens (including phenoxy) is 2. The van der Waals surface area contributed by atoms with Crippen molar-refractivity contribution >= 4 is 0 Å². The maximum absolute atomic E-state index is 5.04. The van der Waals surface area contributed by atoms with Crippen LogP contribution in [0.3, 0.4) is 0 Å². The smallest absolute Gasteiger partial charge is 0.319 e. The molecule has 0 saturated heterocycles. The predicted octanol–water partition coefficient (Wildman–Crippen LogP) is 1.11. The van der Waals surface area contributed by atoms with E-state index < -0.39 is 0 Å². The van der Waals surface area contributed by atoms with Crippen LogP contribution in [0.25, 0.3) is 0 Å². The molecule has 4 nitrogen and oxygen atoms in total. The summed E-state index contributed by atoms with van der Waals surface area (Å²) in [5, 5.41) is 0. The van der Waals surface area contributed by atoms with Crippen LogP contribution in [0.1, 0.15) is 11.3 Å². The third-order valence-electron chi connectivity index (χ3n) is 1.70. The van der Waals surface area contributed by atoms with Gasteiger partial charge in [-0.2, -0.15) is 4.98 Å². The Balaban J connectivity index is 3.19. The zero-order valence-corrected chi connectivity index (χ0v) is 7.71. The zero-order valence-electron chi connectivity index (χ0n) is 7.71. The first-order valence-corrected chi connectivity index (χ1v) is 3.62. The zero-order chi connectivity index (χ0) is 9.14. The summed E-state index contributed by atoms with van der Waals surface area (Å²) in [6.07, 6.45) is 0. The molecule has 1 rings (SSSR count). The highest BCUT2D eigenvalue weighted by Crippen LogP contribution is 2.19. The Kier molecular flexibility index (Phi) is 2.47. The molecule has 0 saturated carbocycles. The number of aryl methyl sites for hydroxylation is 1. The van der Waals surface area contributed by atoms with Crippen LogP contribution in [-0.2, 0) is 0 Å². The fourth-order valence-corrected chi connectivity index (χ4v) is 0.868. The summed E-state index contributed by atoms with van der Waals surface area (Å²) in [6.45, 7) is 3.80. The Bertz CT molecular complexity index is 287. The lowest BCUT2D eigenvalue weighted by Gasteiger charge is -2.06. The van der Waals surface area contributed by atoms with Crippen molar-refractivity contribution in [2.45, 2.75) is 13.8 Å². The van der Waals surface area contributed by atoms with Crippen LogP contribution in [0.5, 0.6) is 11.9 Å². The number of hydrogen-bond acceptors (Lipinski definition) is 4. The van der Waals surface area contributed by atoms with E-state index in [1.54, 1.807) is 7.11 Å². The Morgan fingerprint density at radius 2 is 1.67 bits per heavy atom. The van der Waals surface area contributed by atoms with E-state index in [9.17, 15) is 0 Å². The van der Waals surface area contributed by atoms with E-state index in [1.807, 2.05) is 13.8 Å².